The summed E-state index contributed by atoms with van der Waals surface area (Å²) in [5.74, 6) is 2.61. The van der Waals surface area contributed by atoms with Gasteiger partial charge in [-0.2, -0.15) is 0 Å². The monoisotopic (exact) mass is 280 g/mol. The fraction of sp³-hybridized carbons (Fsp3) is 0.429. The lowest BCUT2D eigenvalue weighted by Crippen LogP contribution is -2.31. The molecule has 1 rings (SSSR count). The van der Waals surface area contributed by atoms with Crippen LogP contribution in [0.3, 0.4) is 0 Å². The predicted molar refractivity (Wildman–Crippen MR) is 79.5 cm³/mol. The first-order chi connectivity index (χ1) is 8.81. The van der Waals surface area contributed by atoms with Crippen molar-refractivity contribution in [2.24, 2.45) is 0 Å². The molecule has 0 aliphatic rings. The van der Waals surface area contributed by atoms with E-state index in [9.17, 15) is 8.42 Å². The number of likely N-dealkylation sites (N-methyl/N-ethyl adjacent to an activating group) is 1. The van der Waals surface area contributed by atoms with E-state index in [0.717, 1.165) is 18.2 Å². The Kier molecular flexibility index (Phi) is 5.40. The number of hydrogen-bond donors (Lipinski definition) is 1. The van der Waals surface area contributed by atoms with Gasteiger partial charge in [0.15, 0.2) is 0 Å². The van der Waals surface area contributed by atoms with Gasteiger partial charge in [-0.1, -0.05) is 18.1 Å². The van der Waals surface area contributed by atoms with Crippen molar-refractivity contribution in [3.8, 4) is 12.3 Å². The third-order valence-electron chi connectivity index (χ3n) is 2.85. The number of hydrogen-bond acceptors (Lipinski definition) is 3. The van der Waals surface area contributed by atoms with E-state index in [1.165, 1.54) is 0 Å². The first-order valence-electron chi connectivity index (χ1n) is 6.02. The minimum atomic E-state index is -3.23. The molecule has 4 nitrogen and oxygen atoms in total. The van der Waals surface area contributed by atoms with Crippen LogP contribution in [-0.2, 0) is 16.4 Å². The standard InChI is InChI=1S/C14H20N2O2S/c1-5-9-16(3)12(2)10-13-7-6-8-14(11-13)15-19(4,17)18/h1,6-8,11-12,15H,9-10H2,2-4H3/t12-/m1/s1. The second-order valence-electron chi connectivity index (χ2n) is 4.75. The average molecular weight is 280 g/mol. The van der Waals surface area contributed by atoms with Gasteiger partial charge in [-0.25, -0.2) is 8.42 Å². The van der Waals surface area contributed by atoms with Gasteiger partial charge in [0.05, 0.1) is 12.8 Å². The maximum absolute atomic E-state index is 11.2. The fourth-order valence-corrected chi connectivity index (χ4v) is 2.33. The van der Waals surface area contributed by atoms with E-state index in [1.54, 1.807) is 6.07 Å². The van der Waals surface area contributed by atoms with E-state index in [2.05, 4.69) is 22.5 Å². The number of anilines is 1. The van der Waals surface area contributed by atoms with Crippen molar-refractivity contribution in [2.45, 2.75) is 19.4 Å². The fourth-order valence-electron chi connectivity index (χ4n) is 1.77. The predicted octanol–water partition coefficient (Wildman–Crippen LogP) is 1.55. The van der Waals surface area contributed by atoms with Crippen molar-refractivity contribution >= 4 is 15.7 Å². The van der Waals surface area contributed by atoms with E-state index in [-0.39, 0.29) is 0 Å². The van der Waals surface area contributed by atoms with Crippen LogP contribution in [0.25, 0.3) is 0 Å². The summed E-state index contributed by atoms with van der Waals surface area (Å²) in [6.45, 7) is 2.69. The summed E-state index contributed by atoms with van der Waals surface area (Å²) in [5, 5.41) is 0. The molecule has 19 heavy (non-hydrogen) atoms. The van der Waals surface area contributed by atoms with E-state index in [0.29, 0.717) is 18.3 Å². The molecule has 0 aliphatic carbocycles. The number of nitrogens with one attached hydrogen (secondary N) is 1. The van der Waals surface area contributed by atoms with E-state index >= 15 is 0 Å². The maximum Gasteiger partial charge on any atom is 0.229 e. The molecule has 1 N–H and O–H groups in total. The van der Waals surface area contributed by atoms with Crippen LogP contribution in [0.4, 0.5) is 5.69 Å². The Bertz CT molecular complexity index is 561. The third-order valence-corrected chi connectivity index (χ3v) is 3.46. The molecule has 0 amide bonds. The van der Waals surface area contributed by atoms with Crippen molar-refractivity contribution in [3.63, 3.8) is 0 Å². The van der Waals surface area contributed by atoms with Crippen molar-refractivity contribution in [1.29, 1.82) is 0 Å². The van der Waals surface area contributed by atoms with E-state index < -0.39 is 10.0 Å². The van der Waals surface area contributed by atoms with Crippen LogP contribution in [0.2, 0.25) is 0 Å². The van der Waals surface area contributed by atoms with Gasteiger partial charge in [-0.3, -0.25) is 9.62 Å². The van der Waals surface area contributed by atoms with Crippen molar-refractivity contribution in [2.75, 3.05) is 24.6 Å². The molecule has 0 radical (unpaired) electrons. The summed E-state index contributed by atoms with van der Waals surface area (Å²) >= 11 is 0. The van der Waals surface area contributed by atoms with Crippen molar-refractivity contribution < 1.29 is 8.42 Å². The Morgan fingerprint density at radius 2 is 2.16 bits per heavy atom. The molecule has 0 saturated heterocycles. The van der Waals surface area contributed by atoms with Gasteiger partial charge in [-0.05, 0) is 38.1 Å². The van der Waals surface area contributed by atoms with Crippen LogP contribution >= 0.6 is 0 Å². The number of terminal acetylenes is 1. The highest BCUT2D eigenvalue weighted by molar-refractivity contribution is 7.92. The van der Waals surface area contributed by atoms with Crippen LogP contribution in [0.5, 0.6) is 0 Å². The third kappa shape index (κ3) is 5.77. The Morgan fingerprint density at radius 1 is 1.47 bits per heavy atom. The summed E-state index contributed by atoms with van der Waals surface area (Å²) in [4.78, 5) is 2.08. The molecule has 0 heterocycles. The number of benzene rings is 1. The number of nitrogens with zero attached hydrogens (tertiary/aromatic N) is 1. The smallest absolute Gasteiger partial charge is 0.229 e. The zero-order valence-corrected chi connectivity index (χ0v) is 12.4. The molecular weight excluding hydrogens is 260 g/mol. The van der Waals surface area contributed by atoms with Crippen LogP contribution in [0, 0.1) is 12.3 Å². The zero-order chi connectivity index (χ0) is 14.5. The Morgan fingerprint density at radius 3 is 2.74 bits per heavy atom. The molecule has 1 aromatic carbocycles. The summed E-state index contributed by atoms with van der Waals surface area (Å²) in [7, 11) is -1.26. The maximum atomic E-state index is 11.2. The topological polar surface area (TPSA) is 49.4 Å². The van der Waals surface area contributed by atoms with Gasteiger partial charge in [0.1, 0.15) is 0 Å². The lowest BCUT2D eigenvalue weighted by atomic mass is 10.1. The molecule has 1 atom stereocenters. The minimum absolute atomic E-state index is 0.296. The van der Waals surface area contributed by atoms with Crippen LogP contribution < -0.4 is 4.72 Å². The molecule has 0 aromatic heterocycles. The Hall–Kier alpha value is -1.51. The van der Waals surface area contributed by atoms with Crippen LogP contribution in [0.15, 0.2) is 24.3 Å². The Balaban J connectivity index is 2.75. The molecule has 0 unspecified atom stereocenters. The quantitative estimate of drug-likeness (QED) is 0.804. The highest BCUT2D eigenvalue weighted by atomic mass is 32.2. The van der Waals surface area contributed by atoms with Crippen molar-refractivity contribution in [3.05, 3.63) is 29.8 Å². The summed E-state index contributed by atoms with van der Waals surface area (Å²) < 4.78 is 24.8. The zero-order valence-electron chi connectivity index (χ0n) is 11.6. The molecule has 1 aromatic rings. The molecule has 0 spiro atoms. The molecule has 0 bridgehead atoms. The highest BCUT2D eigenvalue weighted by Crippen LogP contribution is 2.14. The first-order valence-corrected chi connectivity index (χ1v) is 7.91. The molecule has 0 fully saturated rings. The lowest BCUT2D eigenvalue weighted by molar-refractivity contribution is 0.287. The number of sulfonamides is 1. The van der Waals surface area contributed by atoms with Gasteiger partial charge >= 0.3 is 0 Å². The molecule has 104 valence electrons. The minimum Gasteiger partial charge on any atom is -0.292 e. The molecule has 5 heteroatoms. The van der Waals surface area contributed by atoms with Gasteiger partial charge in [0.25, 0.3) is 0 Å². The molecular formula is C14H20N2O2S. The van der Waals surface area contributed by atoms with Gasteiger partial charge in [0, 0.05) is 11.7 Å². The number of rotatable bonds is 6. The van der Waals surface area contributed by atoms with E-state index in [1.807, 2.05) is 25.2 Å². The second kappa shape index (κ2) is 6.60. The van der Waals surface area contributed by atoms with Crippen LogP contribution in [0.1, 0.15) is 12.5 Å². The summed E-state index contributed by atoms with van der Waals surface area (Å²) in [5.41, 5.74) is 1.66. The van der Waals surface area contributed by atoms with Gasteiger partial charge in [-0.15, -0.1) is 6.42 Å². The summed E-state index contributed by atoms with van der Waals surface area (Å²) in [6, 6.07) is 7.70. The largest absolute Gasteiger partial charge is 0.292 e. The molecule has 0 saturated carbocycles. The van der Waals surface area contributed by atoms with Crippen LogP contribution in [-0.4, -0.2) is 39.2 Å². The summed E-state index contributed by atoms with van der Waals surface area (Å²) in [6.07, 6.45) is 7.24. The van der Waals surface area contributed by atoms with Gasteiger partial charge < -0.3 is 0 Å². The highest BCUT2D eigenvalue weighted by Gasteiger charge is 2.09. The SMILES string of the molecule is C#CCN(C)[C@H](C)Cc1cccc(NS(C)(=O)=O)c1. The second-order valence-corrected chi connectivity index (χ2v) is 6.50. The average Bonchev–Trinajstić information content (AvgIpc) is 2.27. The first kappa shape index (κ1) is 15.5. The Labute approximate surface area is 115 Å². The van der Waals surface area contributed by atoms with E-state index in [4.69, 9.17) is 6.42 Å². The molecule has 0 aliphatic heterocycles. The normalized spacial score (nSPS) is 13.0. The van der Waals surface area contributed by atoms with Crippen molar-refractivity contribution in [1.82, 2.24) is 4.90 Å². The van der Waals surface area contributed by atoms with Gasteiger partial charge in [0.2, 0.25) is 10.0 Å². The lowest BCUT2D eigenvalue weighted by Gasteiger charge is -2.22.